The van der Waals surface area contributed by atoms with Crippen LogP contribution in [0.4, 0.5) is 5.82 Å². The summed E-state index contributed by atoms with van der Waals surface area (Å²) in [6.45, 7) is 9.01. The molecule has 5 nitrogen and oxygen atoms in total. The van der Waals surface area contributed by atoms with Gasteiger partial charge in [0.2, 0.25) is 0 Å². The highest BCUT2D eigenvalue weighted by molar-refractivity contribution is 5.53. The molecule has 2 aromatic heterocycles. The summed E-state index contributed by atoms with van der Waals surface area (Å²) < 4.78 is 0. The number of hydrogen-bond donors (Lipinski definition) is 0. The van der Waals surface area contributed by atoms with E-state index in [9.17, 15) is 0 Å². The highest BCUT2D eigenvalue weighted by atomic mass is 15.2. The molecule has 0 N–H and O–H groups in total. The molecule has 0 radical (unpaired) electrons. The molecular formula is C20H29N5. The van der Waals surface area contributed by atoms with Crippen LogP contribution in [-0.2, 0) is 6.42 Å². The van der Waals surface area contributed by atoms with Gasteiger partial charge in [-0.15, -0.1) is 0 Å². The Morgan fingerprint density at radius 3 is 2.56 bits per heavy atom. The summed E-state index contributed by atoms with van der Waals surface area (Å²) in [6.07, 6.45) is 5.05. The molecule has 3 heterocycles. The third kappa shape index (κ3) is 4.15. The molecule has 3 rings (SSSR count). The molecule has 2 aromatic rings. The molecular weight excluding hydrogens is 310 g/mol. The second kappa shape index (κ2) is 7.91. The van der Waals surface area contributed by atoms with Crippen molar-refractivity contribution in [1.82, 2.24) is 19.9 Å². The minimum absolute atomic E-state index is 0.534. The van der Waals surface area contributed by atoms with Gasteiger partial charge in [0, 0.05) is 50.2 Å². The number of hydrogen-bond acceptors (Lipinski definition) is 5. The van der Waals surface area contributed by atoms with Crippen molar-refractivity contribution in [2.24, 2.45) is 0 Å². The van der Waals surface area contributed by atoms with Gasteiger partial charge >= 0.3 is 0 Å². The third-order valence-corrected chi connectivity index (χ3v) is 5.16. The fourth-order valence-corrected chi connectivity index (χ4v) is 3.43. The van der Waals surface area contributed by atoms with Gasteiger partial charge in [-0.3, -0.25) is 4.98 Å². The number of piperidine rings is 1. The van der Waals surface area contributed by atoms with Gasteiger partial charge in [0.05, 0.1) is 0 Å². The van der Waals surface area contributed by atoms with Crippen LogP contribution in [-0.4, -0.2) is 52.1 Å². The monoisotopic (exact) mass is 339 g/mol. The summed E-state index contributed by atoms with van der Waals surface area (Å²) in [5, 5.41) is 0. The van der Waals surface area contributed by atoms with E-state index >= 15 is 0 Å². The molecule has 0 aromatic carbocycles. The number of aromatic nitrogens is 3. The molecule has 0 amide bonds. The molecule has 0 aliphatic carbocycles. The van der Waals surface area contributed by atoms with Gasteiger partial charge in [-0.05, 0) is 45.2 Å². The Labute approximate surface area is 151 Å². The van der Waals surface area contributed by atoms with E-state index in [0.717, 1.165) is 42.5 Å². The molecule has 0 spiro atoms. The van der Waals surface area contributed by atoms with Crippen molar-refractivity contribution in [2.75, 3.05) is 25.0 Å². The molecule has 1 saturated heterocycles. The van der Waals surface area contributed by atoms with Crippen LogP contribution < -0.4 is 4.90 Å². The number of pyridine rings is 1. The third-order valence-electron chi connectivity index (χ3n) is 5.16. The zero-order chi connectivity index (χ0) is 17.8. The zero-order valence-electron chi connectivity index (χ0n) is 15.8. The Balaban J connectivity index is 1.82. The summed E-state index contributed by atoms with van der Waals surface area (Å²) in [4.78, 5) is 18.8. The first kappa shape index (κ1) is 17.8. The Kier molecular flexibility index (Phi) is 5.63. The summed E-state index contributed by atoms with van der Waals surface area (Å²) >= 11 is 0. The van der Waals surface area contributed by atoms with Crippen molar-refractivity contribution in [1.29, 1.82) is 0 Å². The molecule has 1 fully saturated rings. The predicted molar refractivity (Wildman–Crippen MR) is 103 cm³/mol. The van der Waals surface area contributed by atoms with Crippen LogP contribution in [0.5, 0.6) is 0 Å². The lowest BCUT2D eigenvalue weighted by molar-refractivity contribution is 0.171. The number of likely N-dealkylation sites (tertiary alicyclic amines) is 1. The van der Waals surface area contributed by atoms with Gasteiger partial charge in [-0.1, -0.05) is 13.0 Å². The standard InChI is InChI=1S/C20H29N5/c1-5-16-14-19(23-20(22-16)18-8-6-7-11-21-18)24(4)17-9-12-25(13-10-17)15(2)3/h6-8,11,14-15,17H,5,9-10,12-13H2,1-4H3. The molecule has 0 atom stereocenters. The maximum absolute atomic E-state index is 4.82. The first-order valence-electron chi connectivity index (χ1n) is 9.34. The van der Waals surface area contributed by atoms with Crippen molar-refractivity contribution in [3.63, 3.8) is 0 Å². The second-order valence-corrected chi connectivity index (χ2v) is 7.08. The van der Waals surface area contributed by atoms with E-state index in [4.69, 9.17) is 4.98 Å². The van der Waals surface area contributed by atoms with Crippen molar-refractivity contribution < 1.29 is 0 Å². The summed E-state index contributed by atoms with van der Waals surface area (Å²) in [7, 11) is 2.17. The van der Waals surface area contributed by atoms with Crippen molar-refractivity contribution >= 4 is 5.82 Å². The van der Waals surface area contributed by atoms with Crippen LogP contribution in [0.1, 0.15) is 39.3 Å². The normalized spacial score (nSPS) is 16.4. The first-order valence-corrected chi connectivity index (χ1v) is 9.34. The Morgan fingerprint density at radius 2 is 1.96 bits per heavy atom. The van der Waals surface area contributed by atoms with E-state index in [1.807, 2.05) is 18.2 Å². The summed E-state index contributed by atoms with van der Waals surface area (Å²) in [6, 6.07) is 9.16. The number of aryl methyl sites for hydroxylation is 1. The van der Waals surface area contributed by atoms with Gasteiger partial charge in [-0.2, -0.15) is 0 Å². The zero-order valence-corrected chi connectivity index (χ0v) is 15.8. The molecule has 5 heteroatoms. The van der Waals surface area contributed by atoms with Crippen LogP contribution >= 0.6 is 0 Å². The highest BCUT2D eigenvalue weighted by Gasteiger charge is 2.25. The minimum Gasteiger partial charge on any atom is -0.356 e. The van der Waals surface area contributed by atoms with Crippen molar-refractivity contribution in [2.45, 2.75) is 52.1 Å². The lowest BCUT2D eigenvalue weighted by Crippen LogP contribution is -2.46. The first-order chi connectivity index (χ1) is 12.1. The molecule has 0 saturated carbocycles. The van der Waals surface area contributed by atoms with Crippen molar-refractivity contribution in [3.8, 4) is 11.5 Å². The van der Waals surface area contributed by atoms with Crippen molar-refractivity contribution in [3.05, 3.63) is 36.2 Å². The Morgan fingerprint density at radius 1 is 1.20 bits per heavy atom. The maximum Gasteiger partial charge on any atom is 0.180 e. The number of nitrogens with zero attached hydrogens (tertiary/aromatic N) is 5. The van der Waals surface area contributed by atoms with Gasteiger partial charge in [0.15, 0.2) is 5.82 Å². The molecule has 0 unspecified atom stereocenters. The number of anilines is 1. The van der Waals surface area contributed by atoms with Crippen LogP contribution in [0.15, 0.2) is 30.5 Å². The largest absolute Gasteiger partial charge is 0.356 e. The van der Waals surface area contributed by atoms with Crippen LogP contribution in [0, 0.1) is 0 Å². The average molecular weight is 339 g/mol. The fraction of sp³-hybridized carbons (Fsp3) is 0.550. The topological polar surface area (TPSA) is 45.2 Å². The maximum atomic E-state index is 4.82. The van der Waals surface area contributed by atoms with Gasteiger partial charge < -0.3 is 9.80 Å². The fourth-order valence-electron chi connectivity index (χ4n) is 3.43. The van der Waals surface area contributed by atoms with Gasteiger partial charge in [0.25, 0.3) is 0 Å². The summed E-state index contributed by atoms with van der Waals surface area (Å²) in [5.41, 5.74) is 1.90. The Bertz CT molecular complexity index is 678. The average Bonchev–Trinajstić information content (AvgIpc) is 2.67. The van der Waals surface area contributed by atoms with Crippen LogP contribution in [0.2, 0.25) is 0 Å². The minimum atomic E-state index is 0.534. The van der Waals surface area contributed by atoms with Crippen LogP contribution in [0.25, 0.3) is 11.5 Å². The molecule has 1 aliphatic heterocycles. The van der Waals surface area contributed by atoms with E-state index in [1.165, 1.54) is 12.8 Å². The van der Waals surface area contributed by atoms with E-state index < -0.39 is 0 Å². The lowest BCUT2D eigenvalue weighted by atomic mass is 10.0. The van der Waals surface area contributed by atoms with Gasteiger partial charge in [-0.25, -0.2) is 9.97 Å². The SMILES string of the molecule is CCc1cc(N(C)C2CCN(C(C)C)CC2)nc(-c2ccccn2)n1. The lowest BCUT2D eigenvalue weighted by Gasteiger charge is -2.39. The number of rotatable bonds is 5. The molecule has 25 heavy (non-hydrogen) atoms. The van der Waals surface area contributed by atoms with Crippen LogP contribution in [0.3, 0.4) is 0 Å². The Hall–Kier alpha value is -2.01. The summed E-state index contributed by atoms with van der Waals surface area (Å²) in [5.74, 6) is 1.73. The molecule has 0 bridgehead atoms. The van der Waals surface area contributed by atoms with Gasteiger partial charge in [0.1, 0.15) is 11.5 Å². The smallest absolute Gasteiger partial charge is 0.180 e. The predicted octanol–water partition coefficient (Wildman–Crippen LogP) is 3.41. The van der Waals surface area contributed by atoms with E-state index in [-0.39, 0.29) is 0 Å². The van der Waals surface area contributed by atoms with E-state index in [2.05, 4.69) is 53.7 Å². The molecule has 1 aliphatic rings. The van der Waals surface area contributed by atoms with E-state index in [1.54, 1.807) is 6.20 Å². The highest BCUT2D eigenvalue weighted by Crippen LogP contribution is 2.24. The quantitative estimate of drug-likeness (QED) is 0.835. The second-order valence-electron chi connectivity index (χ2n) is 7.08. The van der Waals surface area contributed by atoms with E-state index in [0.29, 0.717) is 12.1 Å². The molecule has 134 valence electrons.